The molecule has 0 saturated heterocycles. The van der Waals surface area contributed by atoms with E-state index in [1.807, 2.05) is 18.2 Å². The number of allylic oxidation sites excluding steroid dienone is 1. The highest BCUT2D eigenvalue weighted by molar-refractivity contribution is 6.31. The van der Waals surface area contributed by atoms with E-state index in [1.165, 1.54) is 6.08 Å². The highest BCUT2D eigenvalue weighted by Gasteiger charge is 2.53. The van der Waals surface area contributed by atoms with Crippen molar-refractivity contribution in [3.63, 3.8) is 0 Å². The Bertz CT molecular complexity index is 847. The van der Waals surface area contributed by atoms with Gasteiger partial charge in [-0.05, 0) is 35.4 Å². The number of hydrogen-bond acceptors (Lipinski definition) is 3. The Morgan fingerprint density at radius 1 is 1.26 bits per heavy atom. The largest absolute Gasteiger partial charge is 0.325 e. The summed E-state index contributed by atoms with van der Waals surface area (Å²) in [5.41, 5.74) is 1.54. The molecule has 1 aromatic heterocycles. The van der Waals surface area contributed by atoms with Crippen LogP contribution in [0.4, 0.5) is 5.69 Å². The Morgan fingerprint density at radius 2 is 2.13 bits per heavy atom. The molecule has 1 aliphatic carbocycles. The first-order chi connectivity index (χ1) is 11.1. The third-order valence-electron chi connectivity index (χ3n) is 4.63. The van der Waals surface area contributed by atoms with Crippen LogP contribution >= 0.6 is 11.6 Å². The van der Waals surface area contributed by atoms with Crippen molar-refractivity contribution in [2.45, 2.75) is 17.8 Å². The van der Waals surface area contributed by atoms with Crippen LogP contribution in [0.5, 0.6) is 0 Å². The van der Waals surface area contributed by atoms with E-state index in [0.29, 0.717) is 10.7 Å². The molecule has 0 radical (unpaired) electrons. The van der Waals surface area contributed by atoms with E-state index in [4.69, 9.17) is 11.6 Å². The lowest BCUT2D eigenvalue weighted by atomic mass is 9.64. The van der Waals surface area contributed by atoms with E-state index in [-0.39, 0.29) is 24.0 Å². The summed E-state index contributed by atoms with van der Waals surface area (Å²) in [5, 5.41) is 3.47. The van der Waals surface area contributed by atoms with Gasteiger partial charge in [-0.25, -0.2) is 0 Å². The van der Waals surface area contributed by atoms with Crippen LogP contribution in [0.15, 0.2) is 54.9 Å². The summed E-state index contributed by atoms with van der Waals surface area (Å²) in [5.74, 6) is -0.400. The molecule has 1 aliphatic heterocycles. The number of amides is 1. The molecule has 0 unspecified atom stereocenters. The average molecular weight is 325 g/mol. The monoisotopic (exact) mass is 324 g/mol. The number of anilines is 1. The fourth-order valence-electron chi connectivity index (χ4n) is 3.57. The normalized spacial score (nSPS) is 25.5. The van der Waals surface area contributed by atoms with E-state index in [9.17, 15) is 9.59 Å². The third kappa shape index (κ3) is 2.02. The molecule has 1 amide bonds. The number of fused-ring (bicyclic) bond motifs is 2. The maximum Gasteiger partial charge on any atom is 0.239 e. The van der Waals surface area contributed by atoms with Crippen molar-refractivity contribution in [2.24, 2.45) is 0 Å². The smallest absolute Gasteiger partial charge is 0.239 e. The van der Waals surface area contributed by atoms with Crippen LogP contribution in [-0.4, -0.2) is 16.7 Å². The van der Waals surface area contributed by atoms with E-state index in [1.54, 1.807) is 30.6 Å². The van der Waals surface area contributed by atoms with Gasteiger partial charge in [0.2, 0.25) is 5.91 Å². The number of carbonyl (C=O) groups is 2. The summed E-state index contributed by atoms with van der Waals surface area (Å²) in [6, 6.07) is 9.11. The number of nitrogens with one attached hydrogen (secondary N) is 1. The molecule has 23 heavy (non-hydrogen) atoms. The van der Waals surface area contributed by atoms with Gasteiger partial charge in [0.1, 0.15) is 5.41 Å². The fraction of sp³-hybridized carbons (Fsp3) is 0.167. The second-order valence-corrected chi connectivity index (χ2v) is 6.29. The zero-order valence-electron chi connectivity index (χ0n) is 12.1. The predicted octanol–water partition coefficient (Wildman–Crippen LogP) is 3.24. The first kappa shape index (κ1) is 14.2. The van der Waals surface area contributed by atoms with Gasteiger partial charge in [-0.15, -0.1) is 0 Å². The van der Waals surface area contributed by atoms with Crippen molar-refractivity contribution < 1.29 is 9.59 Å². The topological polar surface area (TPSA) is 59.1 Å². The maximum atomic E-state index is 12.9. The Kier molecular flexibility index (Phi) is 3.10. The average Bonchev–Trinajstić information content (AvgIpc) is 2.82. The Hall–Kier alpha value is -2.46. The first-order valence-electron chi connectivity index (χ1n) is 7.35. The maximum absolute atomic E-state index is 12.9. The SMILES string of the molecule is O=C1C=C[C@@]2(C(=O)Nc3cc(Cl)ccc32)[C@@H](c2cccnc2)C1. The van der Waals surface area contributed by atoms with E-state index < -0.39 is 5.41 Å². The van der Waals surface area contributed by atoms with Crippen molar-refractivity contribution in [2.75, 3.05) is 5.32 Å². The minimum Gasteiger partial charge on any atom is -0.325 e. The summed E-state index contributed by atoms with van der Waals surface area (Å²) in [6.07, 6.45) is 6.92. The van der Waals surface area contributed by atoms with Gasteiger partial charge in [-0.3, -0.25) is 14.6 Å². The summed E-state index contributed by atoms with van der Waals surface area (Å²) in [4.78, 5) is 29.0. The highest BCUT2D eigenvalue weighted by atomic mass is 35.5. The van der Waals surface area contributed by atoms with Crippen LogP contribution in [0.1, 0.15) is 23.5 Å². The van der Waals surface area contributed by atoms with Crippen molar-refractivity contribution >= 4 is 29.0 Å². The van der Waals surface area contributed by atoms with Crippen LogP contribution in [0.25, 0.3) is 0 Å². The molecule has 4 rings (SSSR count). The molecule has 1 aromatic carbocycles. The zero-order valence-corrected chi connectivity index (χ0v) is 12.9. The van der Waals surface area contributed by atoms with Crippen molar-refractivity contribution in [1.82, 2.24) is 4.98 Å². The molecule has 0 bridgehead atoms. The number of benzene rings is 1. The molecule has 1 N–H and O–H groups in total. The van der Waals surface area contributed by atoms with Gasteiger partial charge in [0, 0.05) is 35.4 Å². The fourth-order valence-corrected chi connectivity index (χ4v) is 3.75. The number of hydrogen-bond donors (Lipinski definition) is 1. The van der Waals surface area contributed by atoms with Gasteiger partial charge in [-0.1, -0.05) is 29.8 Å². The number of ketones is 1. The second-order valence-electron chi connectivity index (χ2n) is 5.86. The molecule has 0 saturated carbocycles. The number of halogens is 1. The first-order valence-corrected chi connectivity index (χ1v) is 7.72. The van der Waals surface area contributed by atoms with Crippen LogP contribution in [0.3, 0.4) is 0 Å². The molecule has 0 fully saturated rings. The Balaban J connectivity index is 1.96. The van der Waals surface area contributed by atoms with Gasteiger partial charge in [0.25, 0.3) is 0 Å². The van der Waals surface area contributed by atoms with Gasteiger partial charge in [-0.2, -0.15) is 0 Å². The van der Waals surface area contributed by atoms with Crippen molar-refractivity contribution in [3.8, 4) is 0 Å². The van der Waals surface area contributed by atoms with Gasteiger partial charge >= 0.3 is 0 Å². The van der Waals surface area contributed by atoms with Gasteiger partial charge in [0.15, 0.2) is 5.78 Å². The number of aromatic nitrogens is 1. The molecular weight excluding hydrogens is 312 g/mol. The van der Waals surface area contributed by atoms with Crippen molar-refractivity contribution in [1.29, 1.82) is 0 Å². The van der Waals surface area contributed by atoms with Gasteiger partial charge < -0.3 is 5.32 Å². The molecular formula is C18H13ClN2O2. The number of pyridine rings is 1. The molecule has 1 spiro atoms. The zero-order chi connectivity index (χ0) is 16.0. The number of rotatable bonds is 1. The lowest BCUT2D eigenvalue weighted by Gasteiger charge is -2.35. The minimum absolute atomic E-state index is 0.0136. The lowest BCUT2D eigenvalue weighted by Crippen LogP contribution is -2.42. The molecule has 2 atom stereocenters. The Labute approximate surface area is 138 Å². The number of nitrogens with zero attached hydrogens (tertiary/aromatic N) is 1. The van der Waals surface area contributed by atoms with E-state index >= 15 is 0 Å². The standard InChI is InChI=1S/C18H13ClN2O2/c19-12-3-4-14-16(8-12)21-17(23)18(14)6-5-13(22)9-15(18)11-2-1-7-20-10-11/h1-8,10,15H,9H2,(H,21,23)/t15-,18+/m1/s1. The second kappa shape index (κ2) is 5.03. The Morgan fingerprint density at radius 3 is 2.91 bits per heavy atom. The third-order valence-corrected chi connectivity index (χ3v) is 4.86. The molecule has 2 aliphatic rings. The van der Waals surface area contributed by atoms with Crippen LogP contribution in [-0.2, 0) is 15.0 Å². The lowest BCUT2D eigenvalue weighted by molar-refractivity contribution is -0.121. The predicted molar refractivity (Wildman–Crippen MR) is 87.5 cm³/mol. The molecule has 114 valence electrons. The minimum atomic E-state index is -0.892. The van der Waals surface area contributed by atoms with Crippen LogP contribution in [0.2, 0.25) is 5.02 Å². The summed E-state index contributed by atoms with van der Waals surface area (Å²) < 4.78 is 0. The summed E-state index contributed by atoms with van der Waals surface area (Å²) in [6.45, 7) is 0. The highest BCUT2D eigenvalue weighted by Crippen LogP contribution is 2.51. The molecule has 2 aromatic rings. The van der Waals surface area contributed by atoms with Crippen LogP contribution < -0.4 is 5.32 Å². The summed E-state index contributed by atoms with van der Waals surface area (Å²) in [7, 11) is 0. The molecule has 5 heteroatoms. The van der Waals surface area contributed by atoms with E-state index in [2.05, 4.69) is 10.3 Å². The van der Waals surface area contributed by atoms with E-state index in [0.717, 1.165) is 11.1 Å². The van der Waals surface area contributed by atoms with Crippen molar-refractivity contribution in [3.05, 3.63) is 71.0 Å². The van der Waals surface area contributed by atoms with Gasteiger partial charge in [0.05, 0.1) is 0 Å². The summed E-state index contributed by atoms with van der Waals surface area (Å²) >= 11 is 6.04. The quantitative estimate of drug-likeness (QED) is 0.876. The molecule has 2 heterocycles. The number of carbonyl (C=O) groups excluding carboxylic acids is 2. The molecule has 4 nitrogen and oxygen atoms in total. The van der Waals surface area contributed by atoms with Crippen LogP contribution in [0, 0.1) is 0 Å².